The van der Waals surface area contributed by atoms with Gasteiger partial charge in [0.25, 0.3) is 0 Å². The van der Waals surface area contributed by atoms with Crippen molar-refractivity contribution in [2.75, 3.05) is 31.2 Å². The summed E-state index contributed by atoms with van der Waals surface area (Å²) >= 11 is 0. The first kappa shape index (κ1) is 15.3. The van der Waals surface area contributed by atoms with Gasteiger partial charge < -0.3 is 5.32 Å². The van der Waals surface area contributed by atoms with Crippen LogP contribution in [0.25, 0.3) is 0 Å². The average molecular weight is 296 g/mol. The van der Waals surface area contributed by atoms with E-state index in [1.807, 2.05) is 0 Å². The smallest absolute Gasteiger partial charge is 0.211 e. The highest BCUT2D eigenvalue weighted by atomic mass is 32.2. The predicted octanol–water partition coefficient (Wildman–Crippen LogP) is 2.39. The van der Waals surface area contributed by atoms with Crippen LogP contribution < -0.4 is 5.32 Å². The lowest BCUT2D eigenvalue weighted by Crippen LogP contribution is -2.41. The Kier molecular flexibility index (Phi) is 4.70. The van der Waals surface area contributed by atoms with E-state index in [0.717, 1.165) is 25.1 Å². The van der Waals surface area contributed by atoms with Crippen LogP contribution in [0, 0.1) is 19.8 Å². The first-order chi connectivity index (χ1) is 9.36. The Bertz CT molecular complexity index is 569. The molecule has 4 nitrogen and oxygen atoms in total. The van der Waals surface area contributed by atoms with Crippen LogP contribution in [0.5, 0.6) is 0 Å². The van der Waals surface area contributed by atoms with Gasteiger partial charge in [0.2, 0.25) is 10.0 Å². The molecule has 1 aromatic carbocycles. The number of sulfonamides is 1. The fraction of sp³-hybridized carbons (Fsp3) is 0.600. The molecule has 2 rings (SSSR count). The Balaban J connectivity index is 1.95. The van der Waals surface area contributed by atoms with Crippen LogP contribution in [-0.2, 0) is 10.0 Å². The summed E-state index contributed by atoms with van der Waals surface area (Å²) in [6, 6.07) is 6.36. The predicted molar refractivity (Wildman–Crippen MR) is 83.5 cm³/mol. The number of hydrogen-bond donors (Lipinski definition) is 1. The number of nitrogens with zero attached hydrogens (tertiary/aromatic N) is 1. The van der Waals surface area contributed by atoms with Crippen molar-refractivity contribution in [1.82, 2.24) is 4.31 Å². The number of hydrogen-bond acceptors (Lipinski definition) is 3. The highest BCUT2D eigenvalue weighted by Gasteiger charge is 2.25. The zero-order valence-electron chi connectivity index (χ0n) is 12.5. The minimum absolute atomic E-state index is 0.387. The van der Waals surface area contributed by atoms with Crippen LogP contribution in [0.4, 0.5) is 5.69 Å². The van der Waals surface area contributed by atoms with Crippen LogP contribution in [0.1, 0.15) is 24.0 Å². The van der Waals surface area contributed by atoms with Gasteiger partial charge in [-0.05, 0) is 49.8 Å². The van der Waals surface area contributed by atoms with Crippen LogP contribution in [0.15, 0.2) is 18.2 Å². The zero-order valence-corrected chi connectivity index (χ0v) is 13.3. The molecule has 5 heteroatoms. The molecule has 112 valence electrons. The molecule has 20 heavy (non-hydrogen) atoms. The van der Waals surface area contributed by atoms with Crippen molar-refractivity contribution in [3.63, 3.8) is 0 Å². The monoisotopic (exact) mass is 296 g/mol. The minimum atomic E-state index is -3.05. The van der Waals surface area contributed by atoms with Crippen LogP contribution >= 0.6 is 0 Å². The van der Waals surface area contributed by atoms with Gasteiger partial charge in [0, 0.05) is 25.3 Å². The molecule has 1 N–H and O–H groups in total. The van der Waals surface area contributed by atoms with E-state index in [0.29, 0.717) is 19.0 Å². The van der Waals surface area contributed by atoms with Crippen LogP contribution in [0.3, 0.4) is 0 Å². The lowest BCUT2D eigenvalue weighted by molar-refractivity contribution is 0.277. The molecule has 1 fully saturated rings. The average Bonchev–Trinajstić information content (AvgIpc) is 2.39. The van der Waals surface area contributed by atoms with Crippen molar-refractivity contribution in [2.45, 2.75) is 26.7 Å². The normalized spacial score (nSPS) is 20.9. The first-order valence-electron chi connectivity index (χ1n) is 7.12. The van der Waals surface area contributed by atoms with Crippen molar-refractivity contribution >= 4 is 15.7 Å². The molecular weight excluding hydrogens is 272 g/mol. The molecule has 1 atom stereocenters. The van der Waals surface area contributed by atoms with Gasteiger partial charge in [-0.2, -0.15) is 0 Å². The van der Waals surface area contributed by atoms with E-state index in [4.69, 9.17) is 0 Å². The van der Waals surface area contributed by atoms with E-state index in [2.05, 4.69) is 37.4 Å². The molecule has 1 aliphatic rings. The minimum Gasteiger partial charge on any atom is -0.384 e. The fourth-order valence-corrected chi connectivity index (χ4v) is 3.62. The number of aryl methyl sites for hydroxylation is 2. The van der Waals surface area contributed by atoms with Gasteiger partial charge in [-0.3, -0.25) is 0 Å². The van der Waals surface area contributed by atoms with Gasteiger partial charge in [-0.1, -0.05) is 12.1 Å². The maximum absolute atomic E-state index is 11.6. The Hall–Kier alpha value is -1.07. The highest BCUT2D eigenvalue weighted by Crippen LogP contribution is 2.21. The summed E-state index contributed by atoms with van der Waals surface area (Å²) in [5.41, 5.74) is 3.62. The van der Waals surface area contributed by atoms with E-state index in [-0.39, 0.29) is 0 Å². The number of rotatable bonds is 4. The second-order valence-corrected chi connectivity index (χ2v) is 7.81. The van der Waals surface area contributed by atoms with E-state index in [9.17, 15) is 8.42 Å². The number of benzene rings is 1. The molecule has 0 spiro atoms. The van der Waals surface area contributed by atoms with Crippen LogP contribution in [0.2, 0.25) is 0 Å². The van der Waals surface area contributed by atoms with Crippen LogP contribution in [-0.4, -0.2) is 38.6 Å². The second-order valence-electron chi connectivity index (χ2n) is 5.83. The molecule has 1 unspecified atom stereocenters. The van der Waals surface area contributed by atoms with Crippen molar-refractivity contribution in [2.24, 2.45) is 5.92 Å². The van der Waals surface area contributed by atoms with E-state index >= 15 is 0 Å². The molecule has 0 aromatic heterocycles. The summed E-state index contributed by atoms with van der Waals surface area (Å²) in [6.45, 7) is 6.30. The molecule has 1 aromatic rings. The third-order valence-electron chi connectivity index (χ3n) is 3.92. The second kappa shape index (κ2) is 6.14. The maximum atomic E-state index is 11.6. The number of nitrogens with one attached hydrogen (secondary N) is 1. The number of anilines is 1. The SMILES string of the molecule is Cc1ccc(C)c(NCC2CCCN(S(C)(=O)=O)C2)c1. The first-order valence-corrected chi connectivity index (χ1v) is 8.97. The Labute approximate surface area is 122 Å². The van der Waals surface area contributed by atoms with E-state index in [1.165, 1.54) is 17.4 Å². The molecule has 0 amide bonds. The third kappa shape index (κ3) is 3.96. The summed E-state index contributed by atoms with van der Waals surface area (Å²) in [4.78, 5) is 0. The molecule has 1 heterocycles. The topological polar surface area (TPSA) is 49.4 Å². The van der Waals surface area contributed by atoms with Crippen molar-refractivity contribution in [3.8, 4) is 0 Å². The molecule has 1 aliphatic heterocycles. The largest absolute Gasteiger partial charge is 0.384 e. The lowest BCUT2D eigenvalue weighted by atomic mass is 9.99. The van der Waals surface area contributed by atoms with Gasteiger partial charge in [0.1, 0.15) is 0 Å². The summed E-state index contributed by atoms with van der Waals surface area (Å²) in [5.74, 6) is 0.387. The molecule has 1 saturated heterocycles. The van der Waals surface area contributed by atoms with E-state index in [1.54, 1.807) is 4.31 Å². The lowest BCUT2D eigenvalue weighted by Gasteiger charge is -2.31. The summed E-state index contributed by atoms with van der Waals surface area (Å²) in [5, 5.41) is 3.47. The molecule has 0 saturated carbocycles. The summed E-state index contributed by atoms with van der Waals surface area (Å²) < 4.78 is 24.8. The van der Waals surface area contributed by atoms with Crippen molar-refractivity contribution < 1.29 is 8.42 Å². The quantitative estimate of drug-likeness (QED) is 0.928. The third-order valence-corrected chi connectivity index (χ3v) is 5.19. The Morgan fingerprint density at radius 3 is 2.80 bits per heavy atom. The van der Waals surface area contributed by atoms with Gasteiger partial charge in [-0.25, -0.2) is 12.7 Å². The molecule has 0 bridgehead atoms. The van der Waals surface area contributed by atoms with Gasteiger partial charge in [0.05, 0.1) is 6.26 Å². The van der Waals surface area contributed by atoms with Gasteiger partial charge in [0.15, 0.2) is 0 Å². The highest BCUT2D eigenvalue weighted by molar-refractivity contribution is 7.88. The maximum Gasteiger partial charge on any atom is 0.211 e. The molecule has 0 radical (unpaired) electrons. The standard InChI is InChI=1S/C15H24N2O2S/c1-12-6-7-13(2)15(9-12)16-10-14-5-4-8-17(11-14)20(3,18)19/h6-7,9,14,16H,4-5,8,10-11H2,1-3H3. The Morgan fingerprint density at radius 2 is 2.10 bits per heavy atom. The fourth-order valence-electron chi connectivity index (χ4n) is 2.68. The van der Waals surface area contributed by atoms with Gasteiger partial charge >= 0.3 is 0 Å². The van der Waals surface area contributed by atoms with Crippen molar-refractivity contribution in [1.29, 1.82) is 0 Å². The van der Waals surface area contributed by atoms with Gasteiger partial charge in [-0.15, -0.1) is 0 Å². The number of piperidine rings is 1. The zero-order chi connectivity index (χ0) is 14.8. The molecular formula is C15H24N2O2S. The summed E-state index contributed by atoms with van der Waals surface area (Å²) in [6.07, 6.45) is 3.34. The van der Waals surface area contributed by atoms with E-state index < -0.39 is 10.0 Å². The summed E-state index contributed by atoms with van der Waals surface area (Å²) in [7, 11) is -3.05. The Morgan fingerprint density at radius 1 is 1.35 bits per heavy atom. The van der Waals surface area contributed by atoms with Crippen molar-refractivity contribution in [3.05, 3.63) is 29.3 Å². The molecule has 0 aliphatic carbocycles.